The maximum Gasteiger partial charge on any atom is 0.227 e. The molecule has 0 spiro atoms. The Kier molecular flexibility index (Phi) is 5.55. The van der Waals surface area contributed by atoms with E-state index >= 15 is 0 Å². The van der Waals surface area contributed by atoms with Gasteiger partial charge in [-0.2, -0.15) is 0 Å². The van der Waals surface area contributed by atoms with Gasteiger partial charge in [0, 0.05) is 11.1 Å². The number of sulfone groups is 1. The molecule has 0 saturated carbocycles. The average molecular weight is 447 g/mol. The summed E-state index contributed by atoms with van der Waals surface area (Å²) in [5, 5.41) is 0.607. The minimum atomic E-state index is -3.09. The lowest BCUT2D eigenvalue weighted by Crippen LogP contribution is -2.41. The van der Waals surface area contributed by atoms with Crippen molar-refractivity contribution in [2.24, 2.45) is 0 Å². The Morgan fingerprint density at radius 3 is 2.52 bits per heavy atom. The van der Waals surface area contributed by atoms with Crippen LogP contribution < -0.4 is 0 Å². The zero-order chi connectivity index (χ0) is 18.0. The third-order valence-electron chi connectivity index (χ3n) is 4.19. The van der Waals surface area contributed by atoms with Crippen molar-refractivity contribution < 1.29 is 17.6 Å². The highest BCUT2D eigenvalue weighted by Crippen LogP contribution is 2.23. The lowest BCUT2D eigenvalue weighted by Gasteiger charge is -2.27. The summed E-state index contributed by atoms with van der Waals surface area (Å²) >= 11 is 9.12. The molecule has 25 heavy (non-hydrogen) atoms. The van der Waals surface area contributed by atoms with Gasteiger partial charge in [0.25, 0.3) is 0 Å². The molecule has 1 aliphatic heterocycles. The van der Waals surface area contributed by atoms with E-state index in [1.807, 2.05) is 0 Å². The number of amides is 1. The molecule has 1 saturated heterocycles. The van der Waals surface area contributed by atoms with Crippen LogP contribution >= 0.6 is 27.5 Å². The highest BCUT2D eigenvalue weighted by Gasteiger charge is 2.35. The summed E-state index contributed by atoms with van der Waals surface area (Å²) < 4.78 is 29.7. The van der Waals surface area contributed by atoms with Crippen molar-refractivity contribution in [2.75, 3.05) is 11.5 Å². The lowest BCUT2D eigenvalue weighted by molar-refractivity contribution is -0.133. The molecular formula is C17H17BrClNO4S. The highest BCUT2D eigenvalue weighted by molar-refractivity contribution is 9.10. The molecule has 5 nitrogen and oxygen atoms in total. The van der Waals surface area contributed by atoms with Gasteiger partial charge in [0.15, 0.2) is 14.5 Å². The van der Waals surface area contributed by atoms with Gasteiger partial charge in [-0.15, -0.1) is 0 Å². The Hall–Kier alpha value is -1.31. The summed E-state index contributed by atoms with van der Waals surface area (Å²) in [6.07, 6.45) is 0.645. The molecule has 1 amide bonds. The molecule has 1 aromatic heterocycles. The van der Waals surface area contributed by atoms with Gasteiger partial charge < -0.3 is 9.32 Å². The largest absolute Gasteiger partial charge is 0.452 e. The molecule has 1 atom stereocenters. The molecule has 1 aromatic carbocycles. The SMILES string of the molecule is O=C(Cc1ccc(Cl)cc1)N(Cc1ccc(Br)o1)[C@H]1CCS(=O)(=O)C1. The first-order valence-corrected chi connectivity index (χ1v) is 10.8. The van der Waals surface area contributed by atoms with Crippen LogP contribution in [-0.2, 0) is 27.6 Å². The maximum absolute atomic E-state index is 12.9. The van der Waals surface area contributed by atoms with Crippen molar-refractivity contribution in [3.63, 3.8) is 0 Å². The van der Waals surface area contributed by atoms with Crippen LogP contribution in [-0.4, -0.2) is 36.8 Å². The molecule has 0 aliphatic carbocycles. The van der Waals surface area contributed by atoms with Crippen LogP contribution in [0.5, 0.6) is 0 Å². The summed E-state index contributed by atoms with van der Waals surface area (Å²) in [5.41, 5.74) is 0.834. The summed E-state index contributed by atoms with van der Waals surface area (Å²) in [7, 11) is -3.09. The topological polar surface area (TPSA) is 67.6 Å². The van der Waals surface area contributed by atoms with Crippen LogP contribution in [0.4, 0.5) is 0 Å². The number of nitrogens with zero attached hydrogens (tertiary/aromatic N) is 1. The summed E-state index contributed by atoms with van der Waals surface area (Å²) in [6.45, 7) is 0.248. The predicted molar refractivity (Wildman–Crippen MR) is 99.2 cm³/mol. The van der Waals surface area contributed by atoms with E-state index in [9.17, 15) is 13.2 Å². The smallest absolute Gasteiger partial charge is 0.227 e. The molecular weight excluding hydrogens is 430 g/mol. The number of carbonyl (C=O) groups excluding carboxylic acids is 1. The first-order chi connectivity index (χ1) is 11.8. The first-order valence-electron chi connectivity index (χ1n) is 7.81. The molecule has 1 fully saturated rings. The maximum atomic E-state index is 12.9. The molecule has 2 aromatic rings. The molecule has 2 heterocycles. The van der Waals surface area contributed by atoms with Crippen molar-refractivity contribution in [3.8, 4) is 0 Å². The second kappa shape index (κ2) is 7.51. The van der Waals surface area contributed by atoms with E-state index in [0.29, 0.717) is 21.9 Å². The molecule has 0 unspecified atom stereocenters. The van der Waals surface area contributed by atoms with Gasteiger partial charge in [0.05, 0.1) is 24.5 Å². The fourth-order valence-corrected chi connectivity index (χ4v) is 5.12. The fourth-order valence-electron chi connectivity index (χ4n) is 2.93. The molecule has 0 bridgehead atoms. The van der Waals surface area contributed by atoms with Gasteiger partial charge in [0.1, 0.15) is 5.76 Å². The monoisotopic (exact) mass is 445 g/mol. The van der Waals surface area contributed by atoms with Crippen LogP contribution in [0.25, 0.3) is 0 Å². The van der Waals surface area contributed by atoms with Crippen LogP contribution in [0.15, 0.2) is 45.5 Å². The van der Waals surface area contributed by atoms with E-state index in [4.69, 9.17) is 16.0 Å². The van der Waals surface area contributed by atoms with Crippen molar-refractivity contribution in [1.82, 2.24) is 4.90 Å². The average Bonchev–Trinajstić information content (AvgIpc) is 3.12. The van der Waals surface area contributed by atoms with Gasteiger partial charge in [0.2, 0.25) is 5.91 Å². The van der Waals surface area contributed by atoms with Crippen LogP contribution in [0.1, 0.15) is 17.7 Å². The van der Waals surface area contributed by atoms with Gasteiger partial charge in [-0.25, -0.2) is 8.42 Å². The van der Waals surface area contributed by atoms with Crippen molar-refractivity contribution in [1.29, 1.82) is 0 Å². The fraction of sp³-hybridized carbons (Fsp3) is 0.353. The number of furan rings is 1. The van der Waals surface area contributed by atoms with Gasteiger partial charge in [-0.1, -0.05) is 23.7 Å². The number of benzene rings is 1. The molecule has 0 radical (unpaired) electrons. The first kappa shape index (κ1) is 18.5. The Balaban J connectivity index is 1.79. The lowest BCUT2D eigenvalue weighted by atomic mass is 10.1. The Morgan fingerprint density at radius 2 is 1.96 bits per heavy atom. The zero-order valence-electron chi connectivity index (χ0n) is 13.3. The minimum Gasteiger partial charge on any atom is -0.452 e. The Morgan fingerprint density at radius 1 is 1.24 bits per heavy atom. The molecule has 3 rings (SSSR count). The Bertz CT molecular complexity index is 863. The van der Waals surface area contributed by atoms with E-state index in [1.165, 1.54) is 0 Å². The second-order valence-electron chi connectivity index (χ2n) is 6.09. The number of hydrogen-bond donors (Lipinski definition) is 0. The number of halogens is 2. The number of hydrogen-bond acceptors (Lipinski definition) is 4. The van der Waals surface area contributed by atoms with Crippen molar-refractivity contribution in [3.05, 3.63) is 57.4 Å². The van der Waals surface area contributed by atoms with Crippen LogP contribution in [0.3, 0.4) is 0 Å². The number of rotatable bonds is 5. The second-order valence-corrected chi connectivity index (χ2v) is 9.53. The zero-order valence-corrected chi connectivity index (χ0v) is 16.5. The van der Waals surface area contributed by atoms with E-state index in [-0.39, 0.29) is 36.4 Å². The van der Waals surface area contributed by atoms with E-state index in [2.05, 4.69) is 15.9 Å². The highest BCUT2D eigenvalue weighted by atomic mass is 79.9. The molecule has 0 N–H and O–H groups in total. The van der Waals surface area contributed by atoms with Gasteiger partial charge in [-0.05, 0) is 52.2 Å². The van der Waals surface area contributed by atoms with Crippen molar-refractivity contribution in [2.45, 2.75) is 25.4 Å². The van der Waals surface area contributed by atoms with E-state index in [1.54, 1.807) is 41.3 Å². The number of carbonyl (C=O) groups is 1. The normalized spacial score (nSPS) is 19.0. The molecule has 8 heteroatoms. The van der Waals surface area contributed by atoms with Crippen molar-refractivity contribution >= 4 is 43.3 Å². The van der Waals surface area contributed by atoms with E-state index < -0.39 is 9.84 Å². The standard InChI is InChI=1S/C17H17BrClNO4S/c18-16-6-5-15(24-16)10-20(14-7-8-25(22,23)11-14)17(21)9-12-1-3-13(19)4-2-12/h1-6,14H,7-11H2/t14-/m0/s1. The quantitative estimate of drug-likeness (QED) is 0.705. The summed E-state index contributed by atoms with van der Waals surface area (Å²) in [5.74, 6) is 0.600. The third-order valence-corrected chi connectivity index (χ3v) is 6.62. The van der Waals surface area contributed by atoms with Gasteiger partial charge in [-0.3, -0.25) is 4.79 Å². The third kappa shape index (κ3) is 4.86. The van der Waals surface area contributed by atoms with E-state index in [0.717, 1.165) is 5.56 Å². The van der Waals surface area contributed by atoms with Crippen LogP contribution in [0, 0.1) is 0 Å². The predicted octanol–water partition coefficient (Wildman–Crippen LogP) is 3.45. The molecule has 1 aliphatic rings. The summed E-state index contributed by atoms with van der Waals surface area (Å²) in [6, 6.07) is 10.3. The molecule has 134 valence electrons. The Labute approximate surface area is 160 Å². The summed E-state index contributed by atoms with van der Waals surface area (Å²) in [4.78, 5) is 14.5. The minimum absolute atomic E-state index is 0.00123. The van der Waals surface area contributed by atoms with Crippen LogP contribution in [0.2, 0.25) is 5.02 Å². The van der Waals surface area contributed by atoms with Gasteiger partial charge >= 0.3 is 0 Å².